The average molecular weight is 370 g/mol. The molecule has 0 aliphatic heterocycles. The van der Waals surface area contributed by atoms with Crippen LogP contribution in [0.5, 0.6) is 5.75 Å². The summed E-state index contributed by atoms with van der Waals surface area (Å²) in [6.45, 7) is 0. The zero-order chi connectivity index (χ0) is 18.5. The quantitative estimate of drug-likeness (QED) is 0.307. The molecule has 3 rings (SSSR count). The molecule has 8 nitrogen and oxygen atoms in total. The van der Waals surface area contributed by atoms with Crippen LogP contribution in [0.25, 0.3) is 10.9 Å². The number of thioether (sulfide) groups is 1. The molecule has 0 aliphatic rings. The third-order valence-electron chi connectivity index (χ3n) is 3.51. The van der Waals surface area contributed by atoms with Gasteiger partial charge in [-0.2, -0.15) is 0 Å². The van der Waals surface area contributed by atoms with E-state index in [2.05, 4.69) is 15.3 Å². The third-order valence-corrected chi connectivity index (χ3v) is 4.52. The second-order valence-corrected chi connectivity index (χ2v) is 6.14. The van der Waals surface area contributed by atoms with E-state index in [1.54, 1.807) is 0 Å². The number of carbonyl (C=O) groups excluding carboxylic acids is 1. The molecule has 1 aromatic heterocycles. The first-order chi connectivity index (χ1) is 12.6. The number of non-ortho nitro benzene ring substituents is 1. The van der Waals surface area contributed by atoms with Gasteiger partial charge in [-0.05, 0) is 12.1 Å². The zero-order valence-electron chi connectivity index (χ0n) is 13.7. The van der Waals surface area contributed by atoms with Crippen molar-refractivity contribution in [2.75, 3.05) is 18.2 Å². The van der Waals surface area contributed by atoms with E-state index < -0.39 is 4.92 Å². The number of nitrogens with one attached hydrogen (secondary N) is 1. The number of amides is 1. The molecule has 9 heteroatoms. The van der Waals surface area contributed by atoms with Gasteiger partial charge in [-0.15, -0.1) is 0 Å². The molecular formula is C17H14N4O4S. The van der Waals surface area contributed by atoms with Crippen LogP contribution in [0.3, 0.4) is 0 Å². The van der Waals surface area contributed by atoms with Crippen molar-refractivity contribution in [1.29, 1.82) is 0 Å². The maximum absolute atomic E-state index is 12.3. The second-order valence-electron chi connectivity index (χ2n) is 5.17. The zero-order valence-corrected chi connectivity index (χ0v) is 14.5. The molecule has 0 aliphatic carbocycles. The molecule has 0 fully saturated rings. The van der Waals surface area contributed by atoms with Crippen molar-refractivity contribution in [3.63, 3.8) is 0 Å². The number of rotatable bonds is 6. The van der Waals surface area contributed by atoms with Gasteiger partial charge in [0.15, 0.2) is 0 Å². The number of methoxy groups -OCH3 is 1. The summed E-state index contributed by atoms with van der Waals surface area (Å²) in [5, 5.41) is 15.1. The van der Waals surface area contributed by atoms with Crippen LogP contribution in [0.1, 0.15) is 0 Å². The third kappa shape index (κ3) is 3.89. The highest BCUT2D eigenvalue weighted by Crippen LogP contribution is 2.29. The molecule has 0 unspecified atom stereocenters. The van der Waals surface area contributed by atoms with Crippen LogP contribution in [-0.2, 0) is 4.79 Å². The first kappa shape index (κ1) is 17.6. The minimum atomic E-state index is -0.531. The summed E-state index contributed by atoms with van der Waals surface area (Å²) in [5.74, 6) is 0.116. The van der Waals surface area contributed by atoms with Crippen LogP contribution in [0.4, 0.5) is 11.4 Å². The summed E-state index contributed by atoms with van der Waals surface area (Å²) in [4.78, 5) is 31.0. The van der Waals surface area contributed by atoms with E-state index in [1.807, 2.05) is 24.3 Å². The van der Waals surface area contributed by atoms with Crippen molar-refractivity contribution < 1.29 is 14.5 Å². The Bertz CT molecular complexity index is 975. The Labute approximate surface area is 152 Å². The van der Waals surface area contributed by atoms with Gasteiger partial charge in [0.1, 0.15) is 17.1 Å². The predicted molar refractivity (Wildman–Crippen MR) is 98.5 cm³/mol. The molecule has 2 aromatic carbocycles. The van der Waals surface area contributed by atoms with Crippen LogP contribution in [0.2, 0.25) is 0 Å². The number of nitro groups is 1. The van der Waals surface area contributed by atoms with E-state index in [1.165, 1.54) is 43.4 Å². The lowest BCUT2D eigenvalue weighted by Gasteiger charge is -2.10. The van der Waals surface area contributed by atoms with E-state index in [0.29, 0.717) is 10.8 Å². The average Bonchev–Trinajstić information content (AvgIpc) is 2.66. The topological polar surface area (TPSA) is 107 Å². The van der Waals surface area contributed by atoms with Crippen molar-refractivity contribution in [3.05, 3.63) is 58.9 Å². The fraction of sp³-hybridized carbons (Fsp3) is 0.118. The number of nitro benzene ring substituents is 1. The maximum atomic E-state index is 12.3. The van der Waals surface area contributed by atoms with Crippen molar-refractivity contribution in [2.24, 2.45) is 0 Å². The Morgan fingerprint density at radius 2 is 2.08 bits per heavy atom. The van der Waals surface area contributed by atoms with Crippen LogP contribution in [0, 0.1) is 10.1 Å². The van der Waals surface area contributed by atoms with Gasteiger partial charge in [-0.25, -0.2) is 9.97 Å². The highest BCUT2D eigenvalue weighted by atomic mass is 32.2. The van der Waals surface area contributed by atoms with Gasteiger partial charge in [-0.1, -0.05) is 30.0 Å². The molecule has 3 aromatic rings. The normalized spacial score (nSPS) is 10.5. The molecule has 0 spiro atoms. The minimum absolute atomic E-state index is 0.0901. The van der Waals surface area contributed by atoms with Crippen molar-refractivity contribution >= 4 is 39.9 Å². The van der Waals surface area contributed by atoms with Crippen LogP contribution in [0.15, 0.2) is 53.8 Å². The summed E-state index contributed by atoms with van der Waals surface area (Å²) >= 11 is 1.26. The van der Waals surface area contributed by atoms with Crippen LogP contribution >= 0.6 is 11.8 Å². The van der Waals surface area contributed by atoms with Crippen molar-refractivity contribution in [1.82, 2.24) is 9.97 Å². The lowest BCUT2D eigenvalue weighted by molar-refractivity contribution is -0.384. The summed E-state index contributed by atoms with van der Waals surface area (Å²) in [7, 11) is 1.43. The minimum Gasteiger partial charge on any atom is -0.495 e. The van der Waals surface area contributed by atoms with Gasteiger partial charge in [-0.3, -0.25) is 14.9 Å². The van der Waals surface area contributed by atoms with Crippen LogP contribution < -0.4 is 10.1 Å². The molecule has 1 amide bonds. The van der Waals surface area contributed by atoms with Gasteiger partial charge in [0.2, 0.25) is 5.91 Å². The summed E-state index contributed by atoms with van der Waals surface area (Å²) in [6, 6.07) is 11.5. The van der Waals surface area contributed by atoms with Gasteiger partial charge in [0.05, 0.1) is 29.0 Å². The maximum Gasteiger partial charge on any atom is 0.271 e. The molecule has 0 radical (unpaired) electrons. The fourth-order valence-electron chi connectivity index (χ4n) is 2.32. The highest BCUT2D eigenvalue weighted by Gasteiger charge is 2.14. The van der Waals surface area contributed by atoms with E-state index in [-0.39, 0.29) is 23.0 Å². The number of para-hydroxylation sites is 1. The predicted octanol–water partition coefficient (Wildman–Crippen LogP) is 3.28. The highest BCUT2D eigenvalue weighted by molar-refractivity contribution is 8.00. The molecule has 0 saturated heterocycles. The number of aromatic nitrogens is 2. The second kappa shape index (κ2) is 7.79. The van der Waals surface area contributed by atoms with E-state index in [9.17, 15) is 14.9 Å². The largest absolute Gasteiger partial charge is 0.495 e. The number of hydrogen-bond acceptors (Lipinski definition) is 7. The SMILES string of the molecule is COc1ccc([N+](=O)[O-])cc1NC(=O)CSc1ncnc2ccccc12. The van der Waals surface area contributed by atoms with Gasteiger partial charge in [0, 0.05) is 17.5 Å². The Morgan fingerprint density at radius 1 is 1.27 bits per heavy atom. The standard InChI is InChI=1S/C17H14N4O4S/c1-25-15-7-6-11(21(23)24)8-14(15)20-16(22)9-26-17-12-4-2-3-5-13(12)18-10-19-17/h2-8,10H,9H2,1H3,(H,20,22). The summed E-state index contributed by atoms with van der Waals surface area (Å²) in [5.41, 5.74) is 0.918. The molecule has 0 atom stereocenters. The van der Waals surface area contributed by atoms with Gasteiger partial charge >= 0.3 is 0 Å². The lowest BCUT2D eigenvalue weighted by atomic mass is 10.2. The van der Waals surface area contributed by atoms with Crippen molar-refractivity contribution in [2.45, 2.75) is 5.03 Å². The Morgan fingerprint density at radius 3 is 2.85 bits per heavy atom. The summed E-state index contributed by atoms with van der Waals surface area (Å²) in [6.07, 6.45) is 1.45. The molecule has 132 valence electrons. The van der Waals surface area contributed by atoms with Gasteiger partial charge in [0.25, 0.3) is 5.69 Å². The molecule has 1 N–H and O–H groups in total. The smallest absolute Gasteiger partial charge is 0.271 e. The Hall–Kier alpha value is -3.20. The van der Waals surface area contributed by atoms with E-state index >= 15 is 0 Å². The lowest BCUT2D eigenvalue weighted by Crippen LogP contribution is -2.15. The number of anilines is 1. The van der Waals surface area contributed by atoms with Crippen LogP contribution in [-0.4, -0.2) is 33.7 Å². The number of hydrogen-bond donors (Lipinski definition) is 1. The summed E-state index contributed by atoms with van der Waals surface area (Å²) < 4.78 is 5.14. The number of nitrogens with zero attached hydrogens (tertiary/aromatic N) is 3. The first-order valence-electron chi connectivity index (χ1n) is 7.53. The molecule has 0 saturated carbocycles. The van der Waals surface area contributed by atoms with E-state index in [0.717, 1.165) is 10.9 Å². The molecular weight excluding hydrogens is 356 g/mol. The Kier molecular flexibility index (Phi) is 5.28. The number of benzene rings is 2. The first-order valence-corrected chi connectivity index (χ1v) is 8.52. The monoisotopic (exact) mass is 370 g/mol. The fourth-order valence-corrected chi connectivity index (χ4v) is 3.11. The number of carbonyl (C=O) groups is 1. The number of ether oxygens (including phenoxy) is 1. The van der Waals surface area contributed by atoms with Gasteiger partial charge < -0.3 is 10.1 Å². The molecule has 0 bridgehead atoms. The van der Waals surface area contributed by atoms with Crippen molar-refractivity contribution in [3.8, 4) is 5.75 Å². The molecule has 1 heterocycles. The Balaban J connectivity index is 1.73. The number of fused-ring (bicyclic) bond motifs is 1. The van der Waals surface area contributed by atoms with E-state index in [4.69, 9.17) is 4.74 Å². The molecule has 26 heavy (non-hydrogen) atoms.